The molecular formula is C13H14ClNO2. The van der Waals surface area contributed by atoms with E-state index in [0.717, 1.165) is 11.3 Å². The lowest BCUT2D eigenvalue weighted by molar-refractivity contribution is 0.415. The Morgan fingerprint density at radius 2 is 1.82 bits per heavy atom. The number of rotatable bonds is 2. The molecule has 0 saturated heterocycles. The second kappa shape index (κ2) is 5.46. The Morgan fingerprint density at radius 3 is 2.47 bits per heavy atom. The third kappa shape index (κ3) is 2.63. The highest BCUT2D eigenvalue weighted by molar-refractivity contribution is 5.85. The van der Waals surface area contributed by atoms with Crippen molar-refractivity contribution in [1.29, 1.82) is 0 Å². The van der Waals surface area contributed by atoms with E-state index in [2.05, 4.69) is 0 Å². The van der Waals surface area contributed by atoms with Gasteiger partial charge in [0.15, 0.2) is 0 Å². The molecule has 0 aromatic heterocycles. The van der Waals surface area contributed by atoms with Gasteiger partial charge in [-0.1, -0.05) is 18.2 Å². The second-order valence-electron chi connectivity index (χ2n) is 3.47. The van der Waals surface area contributed by atoms with Crippen molar-refractivity contribution in [2.75, 3.05) is 12.8 Å². The first-order valence-electron chi connectivity index (χ1n) is 4.94. The largest absolute Gasteiger partial charge is 0.507 e. The molecule has 4 heteroatoms. The molecule has 0 fully saturated rings. The molecule has 0 heterocycles. The normalized spacial score (nSPS) is 9.47. The zero-order valence-corrected chi connectivity index (χ0v) is 10.2. The number of nitrogens with two attached hydrogens (primary N) is 1. The van der Waals surface area contributed by atoms with Gasteiger partial charge in [0.1, 0.15) is 11.5 Å². The van der Waals surface area contributed by atoms with E-state index in [1.165, 1.54) is 0 Å². The van der Waals surface area contributed by atoms with Gasteiger partial charge in [0.05, 0.1) is 7.11 Å². The number of phenols is 1. The fraction of sp³-hybridized carbons (Fsp3) is 0.0769. The number of hydrogen-bond acceptors (Lipinski definition) is 3. The van der Waals surface area contributed by atoms with Crippen LogP contribution >= 0.6 is 12.4 Å². The van der Waals surface area contributed by atoms with Gasteiger partial charge in [-0.2, -0.15) is 0 Å². The van der Waals surface area contributed by atoms with Gasteiger partial charge in [0, 0.05) is 11.3 Å². The lowest BCUT2D eigenvalue weighted by atomic mass is 10.0. The summed E-state index contributed by atoms with van der Waals surface area (Å²) in [4.78, 5) is 0. The fourth-order valence-corrected chi connectivity index (χ4v) is 1.65. The van der Waals surface area contributed by atoms with Gasteiger partial charge >= 0.3 is 0 Å². The van der Waals surface area contributed by atoms with E-state index in [1.54, 1.807) is 25.3 Å². The van der Waals surface area contributed by atoms with Crippen molar-refractivity contribution in [3.63, 3.8) is 0 Å². The molecule has 17 heavy (non-hydrogen) atoms. The number of methoxy groups -OCH3 is 1. The number of anilines is 1. The average molecular weight is 252 g/mol. The van der Waals surface area contributed by atoms with Crippen LogP contribution in [0.1, 0.15) is 0 Å². The number of halogens is 1. The molecule has 0 aliphatic heterocycles. The van der Waals surface area contributed by atoms with Gasteiger partial charge < -0.3 is 15.6 Å². The predicted molar refractivity (Wildman–Crippen MR) is 71.8 cm³/mol. The molecule has 0 saturated carbocycles. The first kappa shape index (κ1) is 13.2. The van der Waals surface area contributed by atoms with Gasteiger partial charge in [-0.3, -0.25) is 0 Å². The number of ether oxygens (including phenoxy) is 1. The average Bonchev–Trinajstić information content (AvgIpc) is 2.29. The second-order valence-corrected chi connectivity index (χ2v) is 3.47. The van der Waals surface area contributed by atoms with Crippen LogP contribution in [-0.2, 0) is 0 Å². The summed E-state index contributed by atoms with van der Waals surface area (Å²) in [6.07, 6.45) is 0. The van der Waals surface area contributed by atoms with Crippen molar-refractivity contribution < 1.29 is 9.84 Å². The quantitative estimate of drug-likeness (QED) is 0.807. The molecule has 0 spiro atoms. The Morgan fingerprint density at radius 1 is 1.12 bits per heavy atom. The highest BCUT2D eigenvalue weighted by Crippen LogP contribution is 2.35. The summed E-state index contributed by atoms with van der Waals surface area (Å²) in [5.74, 6) is 0.911. The number of phenolic OH excluding ortho intramolecular Hbond substituents is 1. The van der Waals surface area contributed by atoms with Crippen LogP contribution in [-0.4, -0.2) is 12.2 Å². The Bertz CT molecular complexity index is 494. The molecule has 0 bridgehead atoms. The summed E-state index contributed by atoms with van der Waals surface area (Å²) in [6.45, 7) is 0. The first-order chi connectivity index (χ1) is 7.72. The number of aromatic hydroxyl groups is 1. The minimum Gasteiger partial charge on any atom is -0.507 e. The fourth-order valence-electron chi connectivity index (χ4n) is 1.65. The van der Waals surface area contributed by atoms with Gasteiger partial charge in [-0.25, -0.2) is 0 Å². The van der Waals surface area contributed by atoms with Gasteiger partial charge in [-0.15, -0.1) is 12.4 Å². The van der Waals surface area contributed by atoms with Crippen molar-refractivity contribution in [3.05, 3.63) is 42.5 Å². The minimum atomic E-state index is 0. The van der Waals surface area contributed by atoms with E-state index in [1.807, 2.05) is 24.3 Å². The molecular weight excluding hydrogens is 238 g/mol. The van der Waals surface area contributed by atoms with E-state index in [9.17, 15) is 5.11 Å². The lowest BCUT2D eigenvalue weighted by Gasteiger charge is -2.09. The number of benzene rings is 2. The highest BCUT2D eigenvalue weighted by atomic mass is 35.5. The van der Waals surface area contributed by atoms with Crippen molar-refractivity contribution in [3.8, 4) is 22.6 Å². The van der Waals surface area contributed by atoms with Crippen molar-refractivity contribution in [2.45, 2.75) is 0 Å². The van der Waals surface area contributed by atoms with Gasteiger partial charge in [0.2, 0.25) is 0 Å². The van der Waals surface area contributed by atoms with E-state index in [0.29, 0.717) is 11.3 Å². The Balaban J connectivity index is 0.00000144. The first-order valence-corrected chi connectivity index (χ1v) is 4.94. The molecule has 3 nitrogen and oxygen atoms in total. The lowest BCUT2D eigenvalue weighted by Crippen LogP contribution is -1.91. The van der Waals surface area contributed by atoms with Crippen LogP contribution in [0.25, 0.3) is 11.1 Å². The summed E-state index contributed by atoms with van der Waals surface area (Å²) in [7, 11) is 1.60. The molecule has 0 radical (unpaired) electrons. The zero-order chi connectivity index (χ0) is 11.5. The maximum atomic E-state index is 9.79. The standard InChI is InChI=1S/C13H13NO2.ClH/c1-16-10-5-2-4-9(8-10)13-11(14)6-3-7-12(13)15;/h2-8,15H,14H2,1H3;1H. The molecule has 0 amide bonds. The number of hydrogen-bond donors (Lipinski definition) is 2. The third-order valence-electron chi connectivity index (χ3n) is 2.43. The van der Waals surface area contributed by atoms with Gasteiger partial charge in [-0.05, 0) is 29.8 Å². The zero-order valence-electron chi connectivity index (χ0n) is 9.38. The Kier molecular flexibility index (Phi) is 4.24. The van der Waals surface area contributed by atoms with Crippen molar-refractivity contribution >= 4 is 18.1 Å². The summed E-state index contributed by atoms with van der Waals surface area (Å²) >= 11 is 0. The summed E-state index contributed by atoms with van der Waals surface area (Å²) in [5, 5.41) is 9.79. The van der Waals surface area contributed by atoms with E-state index in [4.69, 9.17) is 10.5 Å². The van der Waals surface area contributed by atoms with Gasteiger partial charge in [0.25, 0.3) is 0 Å². The molecule has 2 aromatic carbocycles. The summed E-state index contributed by atoms with van der Waals surface area (Å²) in [6, 6.07) is 12.5. The summed E-state index contributed by atoms with van der Waals surface area (Å²) < 4.78 is 5.13. The van der Waals surface area contributed by atoms with Crippen molar-refractivity contribution in [2.24, 2.45) is 0 Å². The highest BCUT2D eigenvalue weighted by Gasteiger charge is 2.08. The smallest absolute Gasteiger partial charge is 0.125 e. The van der Waals surface area contributed by atoms with Crippen LogP contribution in [0.2, 0.25) is 0 Å². The van der Waals surface area contributed by atoms with E-state index >= 15 is 0 Å². The monoisotopic (exact) mass is 251 g/mol. The van der Waals surface area contributed by atoms with Crippen LogP contribution < -0.4 is 10.5 Å². The molecule has 2 rings (SSSR count). The van der Waals surface area contributed by atoms with Crippen LogP contribution in [0, 0.1) is 0 Å². The SMILES string of the molecule is COc1cccc(-c2c(N)cccc2O)c1.Cl. The molecule has 90 valence electrons. The van der Waals surface area contributed by atoms with Crippen molar-refractivity contribution in [1.82, 2.24) is 0 Å². The van der Waals surface area contributed by atoms with Crippen LogP contribution in [0.3, 0.4) is 0 Å². The topological polar surface area (TPSA) is 55.5 Å². The maximum Gasteiger partial charge on any atom is 0.125 e. The molecule has 2 aromatic rings. The van der Waals surface area contributed by atoms with Crippen LogP contribution in [0.4, 0.5) is 5.69 Å². The minimum absolute atomic E-state index is 0. The van der Waals surface area contributed by atoms with E-state index in [-0.39, 0.29) is 18.2 Å². The maximum absolute atomic E-state index is 9.79. The predicted octanol–water partition coefficient (Wildman–Crippen LogP) is 3.07. The third-order valence-corrected chi connectivity index (χ3v) is 2.43. The molecule has 0 atom stereocenters. The summed E-state index contributed by atoms with van der Waals surface area (Å²) in [5.41, 5.74) is 7.88. The van der Waals surface area contributed by atoms with Crippen LogP contribution in [0.5, 0.6) is 11.5 Å². The molecule has 0 aliphatic rings. The Hall–Kier alpha value is -1.87. The molecule has 3 N–H and O–H groups in total. The number of nitrogen functional groups attached to an aromatic ring is 1. The molecule has 0 unspecified atom stereocenters. The van der Waals surface area contributed by atoms with Crippen LogP contribution in [0.15, 0.2) is 42.5 Å². The molecule has 0 aliphatic carbocycles. The Labute approximate surface area is 106 Å². The van der Waals surface area contributed by atoms with E-state index < -0.39 is 0 Å².